The van der Waals surface area contributed by atoms with Gasteiger partial charge >= 0.3 is 0 Å². The second kappa shape index (κ2) is 2.70. The summed E-state index contributed by atoms with van der Waals surface area (Å²) in [6.45, 7) is 0. The van der Waals surface area contributed by atoms with Crippen LogP contribution in [0.5, 0.6) is 5.75 Å². The van der Waals surface area contributed by atoms with Crippen molar-refractivity contribution in [3.63, 3.8) is 0 Å². The van der Waals surface area contributed by atoms with Gasteiger partial charge in [-0.15, -0.1) is 0 Å². The van der Waals surface area contributed by atoms with Crippen LogP contribution >= 0.6 is 0 Å². The number of anilines is 3. The molecule has 4 heteroatoms. The van der Waals surface area contributed by atoms with Gasteiger partial charge in [0.15, 0.2) is 0 Å². The van der Waals surface area contributed by atoms with Crippen LogP contribution in [-0.4, -0.2) is 5.11 Å². The summed E-state index contributed by atoms with van der Waals surface area (Å²) in [6, 6.07) is 6.71. The predicted molar refractivity (Wildman–Crippen MR) is 58.9 cm³/mol. The molecule has 4 nitrogen and oxygen atoms in total. The number of phenolic OH excluding ortho intramolecular Hbond substituents is 1. The van der Waals surface area contributed by atoms with Crippen LogP contribution in [0.1, 0.15) is 0 Å². The Morgan fingerprint density at radius 1 is 0.929 bits per heavy atom. The highest BCUT2D eigenvalue weighted by Gasteiger charge is 2.09. The van der Waals surface area contributed by atoms with Crippen molar-refractivity contribution in [2.75, 3.05) is 17.2 Å². The van der Waals surface area contributed by atoms with Crippen LogP contribution in [0.15, 0.2) is 24.3 Å². The van der Waals surface area contributed by atoms with Gasteiger partial charge in [-0.05, 0) is 12.1 Å². The number of hydrogen-bond donors (Lipinski definition) is 4. The van der Waals surface area contributed by atoms with Crippen LogP contribution in [0, 0.1) is 0 Å². The highest BCUT2D eigenvalue weighted by Crippen LogP contribution is 2.37. The monoisotopic (exact) mass is 189 g/mol. The van der Waals surface area contributed by atoms with Crippen molar-refractivity contribution in [2.24, 2.45) is 0 Å². The molecule has 0 aromatic heterocycles. The van der Waals surface area contributed by atoms with E-state index in [0.717, 1.165) is 0 Å². The Balaban J connectivity index is 3.02. The van der Waals surface area contributed by atoms with Crippen molar-refractivity contribution < 1.29 is 5.11 Å². The van der Waals surface area contributed by atoms with E-state index in [-0.39, 0.29) is 11.4 Å². The van der Waals surface area contributed by atoms with Gasteiger partial charge in [-0.1, -0.05) is 12.1 Å². The number of hydrogen-bond acceptors (Lipinski definition) is 4. The van der Waals surface area contributed by atoms with Crippen LogP contribution in [0.25, 0.3) is 10.8 Å². The van der Waals surface area contributed by atoms with E-state index in [1.165, 1.54) is 6.07 Å². The minimum atomic E-state index is 0.0292. The molecular formula is C10H11N3O. The zero-order valence-electron chi connectivity index (χ0n) is 7.49. The molecule has 0 saturated carbocycles. The predicted octanol–water partition coefficient (Wildman–Crippen LogP) is 1.29. The molecule has 0 amide bonds. The Morgan fingerprint density at radius 3 is 2.36 bits per heavy atom. The lowest BCUT2D eigenvalue weighted by atomic mass is 10.0. The van der Waals surface area contributed by atoms with E-state index in [1.54, 1.807) is 18.2 Å². The smallest absolute Gasteiger partial charge is 0.146 e. The van der Waals surface area contributed by atoms with E-state index in [1.807, 2.05) is 0 Å². The molecule has 0 atom stereocenters. The quantitative estimate of drug-likeness (QED) is 0.285. The van der Waals surface area contributed by atoms with Gasteiger partial charge in [0.2, 0.25) is 0 Å². The number of benzene rings is 2. The number of nitrogens with two attached hydrogens (primary N) is 3. The molecule has 2 aromatic rings. The minimum Gasteiger partial charge on any atom is -0.505 e. The van der Waals surface area contributed by atoms with Gasteiger partial charge in [-0.3, -0.25) is 0 Å². The summed E-state index contributed by atoms with van der Waals surface area (Å²) in [6.07, 6.45) is 0. The summed E-state index contributed by atoms with van der Waals surface area (Å²) in [5, 5.41) is 10.9. The molecule has 7 N–H and O–H groups in total. The molecule has 0 unspecified atom stereocenters. The Bertz CT molecular complexity index is 508. The van der Waals surface area contributed by atoms with E-state index in [9.17, 15) is 5.11 Å². The standard InChI is InChI=1S/C10H11N3O/c11-6-3-1-2-5-9(6)7(12)4-8(13)10(5)14/h1-4,14H,11-13H2. The number of nitrogen functional groups attached to an aromatic ring is 3. The summed E-state index contributed by atoms with van der Waals surface area (Å²) in [5.41, 5.74) is 18.3. The first-order valence-corrected chi connectivity index (χ1v) is 4.16. The fraction of sp³-hybridized carbons (Fsp3) is 0. The van der Waals surface area contributed by atoms with E-state index in [2.05, 4.69) is 0 Å². The largest absolute Gasteiger partial charge is 0.505 e. The van der Waals surface area contributed by atoms with Gasteiger partial charge in [0, 0.05) is 22.1 Å². The van der Waals surface area contributed by atoms with Crippen molar-refractivity contribution in [2.45, 2.75) is 0 Å². The SMILES string of the molecule is Nc1cc(N)c2c(N)cccc2c1O. The molecule has 72 valence electrons. The lowest BCUT2D eigenvalue weighted by Gasteiger charge is -2.09. The Morgan fingerprint density at radius 2 is 1.64 bits per heavy atom. The van der Waals surface area contributed by atoms with E-state index in [0.29, 0.717) is 22.1 Å². The van der Waals surface area contributed by atoms with Crippen LogP contribution in [0.2, 0.25) is 0 Å². The van der Waals surface area contributed by atoms with Gasteiger partial charge in [0.25, 0.3) is 0 Å². The normalized spacial score (nSPS) is 10.6. The summed E-state index contributed by atoms with van der Waals surface area (Å²) >= 11 is 0. The third-order valence-corrected chi connectivity index (χ3v) is 2.22. The zero-order chi connectivity index (χ0) is 10.3. The maximum absolute atomic E-state index is 9.67. The minimum absolute atomic E-state index is 0.0292. The third-order valence-electron chi connectivity index (χ3n) is 2.22. The van der Waals surface area contributed by atoms with Crippen LogP contribution in [-0.2, 0) is 0 Å². The van der Waals surface area contributed by atoms with Crippen LogP contribution in [0.4, 0.5) is 17.1 Å². The summed E-state index contributed by atoms with van der Waals surface area (Å²) in [7, 11) is 0. The highest BCUT2D eigenvalue weighted by atomic mass is 16.3. The fourth-order valence-electron chi connectivity index (χ4n) is 1.55. The lowest BCUT2D eigenvalue weighted by molar-refractivity contribution is 0.484. The molecule has 0 fully saturated rings. The summed E-state index contributed by atoms with van der Waals surface area (Å²) in [4.78, 5) is 0. The maximum atomic E-state index is 9.67. The molecule has 0 aliphatic carbocycles. The molecule has 2 aromatic carbocycles. The molecule has 0 saturated heterocycles. The van der Waals surface area contributed by atoms with Crippen molar-refractivity contribution in [3.8, 4) is 5.75 Å². The number of phenols is 1. The fourth-order valence-corrected chi connectivity index (χ4v) is 1.55. The van der Waals surface area contributed by atoms with E-state index in [4.69, 9.17) is 17.2 Å². The highest BCUT2D eigenvalue weighted by molar-refractivity contribution is 6.07. The first kappa shape index (κ1) is 8.50. The maximum Gasteiger partial charge on any atom is 0.146 e. The molecule has 0 spiro atoms. The van der Waals surface area contributed by atoms with Gasteiger partial charge in [-0.25, -0.2) is 0 Å². The number of aromatic hydroxyl groups is 1. The first-order valence-electron chi connectivity index (χ1n) is 4.16. The van der Waals surface area contributed by atoms with Gasteiger partial charge in [0.1, 0.15) is 5.75 Å². The van der Waals surface area contributed by atoms with Crippen molar-refractivity contribution in [1.82, 2.24) is 0 Å². The van der Waals surface area contributed by atoms with Crippen LogP contribution < -0.4 is 17.2 Å². The molecular weight excluding hydrogens is 178 g/mol. The van der Waals surface area contributed by atoms with Crippen molar-refractivity contribution in [1.29, 1.82) is 0 Å². The van der Waals surface area contributed by atoms with Crippen LogP contribution in [0.3, 0.4) is 0 Å². The van der Waals surface area contributed by atoms with E-state index >= 15 is 0 Å². The van der Waals surface area contributed by atoms with Crippen molar-refractivity contribution >= 4 is 27.8 Å². The average molecular weight is 189 g/mol. The Kier molecular flexibility index (Phi) is 1.64. The summed E-state index contributed by atoms with van der Waals surface area (Å²) in [5.74, 6) is 0.0292. The Labute approximate surface area is 80.9 Å². The van der Waals surface area contributed by atoms with Gasteiger partial charge < -0.3 is 22.3 Å². The number of fused-ring (bicyclic) bond motifs is 1. The Hall–Kier alpha value is -2.10. The molecule has 0 aliphatic heterocycles. The topological polar surface area (TPSA) is 98.3 Å². The number of rotatable bonds is 0. The average Bonchev–Trinajstić information content (AvgIpc) is 2.14. The van der Waals surface area contributed by atoms with Crippen molar-refractivity contribution in [3.05, 3.63) is 24.3 Å². The second-order valence-electron chi connectivity index (χ2n) is 3.17. The molecule has 0 heterocycles. The second-order valence-corrected chi connectivity index (χ2v) is 3.17. The molecule has 0 aliphatic rings. The molecule has 0 radical (unpaired) electrons. The van der Waals surface area contributed by atoms with Gasteiger partial charge in [-0.2, -0.15) is 0 Å². The van der Waals surface area contributed by atoms with Gasteiger partial charge in [0.05, 0.1) is 5.69 Å². The van der Waals surface area contributed by atoms with E-state index < -0.39 is 0 Å². The third kappa shape index (κ3) is 1.01. The molecule has 14 heavy (non-hydrogen) atoms. The zero-order valence-corrected chi connectivity index (χ0v) is 7.49. The summed E-state index contributed by atoms with van der Waals surface area (Å²) < 4.78 is 0. The first-order chi connectivity index (χ1) is 6.61. The molecule has 0 bridgehead atoms. The molecule has 2 rings (SSSR count). The lowest BCUT2D eigenvalue weighted by Crippen LogP contribution is -1.96.